The summed E-state index contributed by atoms with van der Waals surface area (Å²) in [5.41, 5.74) is 6.30. The molecule has 7 heteroatoms. The van der Waals surface area contributed by atoms with Crippen molar-refractivity contribution in [3.05, 3.63) is 53.1 Å². The molecule has 3 rings (SSSR count). The lowest BCUT2D eigenvalue weighted by atomic mass is 10.1. The van der Waals surface area contributed by atoms with Gasteiger partial charge < -0.3 is 14.4 Å². The zero-order valence-corrected chi connectivity index (χ0v) is 17.1. The molecule has 7 nitrogen and oxygen atoms in total. The van der Waals surface area contributed by atoms with Crippen molar-refractivity contribution in [3.8, 4) is 11.5 Å². The molecule has 0 bridgehead atoms. The average Bonchev–Trinajstić information content (AvgIpc) is 3.11. The lowest BCUT2D eigenvalue weighted by molar-refractivity contribution is -0.126. The van der Waals surface area contributed by atoms with Crippen molar-refractivity contribution in [1.82, 2.24) is 5.43 Å². The predicted molar refractivity (Wildman–Crippen MR) is 112 cm³/mol. The number of rotatable bonds is 6. The first-order valence-corrected chi connectivity index (χ1v) is 9.36. The summed E-state index contributed by atoms with van der Waals surface area (Å²) in [6.07, 6.45) is 1.66. The quantitative estimate of drug-likeness (QED) is 0.602. The Morgan fingerprint density at radius 3 is 2.66 bits per heavy atom. The minimum atomic E-state index is -0.450. The molecule has 2 aromatic carbocycles. The summed E-state index contributed by atoms with van der Waals surface area (Å²) in [4.78, 5) is 26.6. The highest BCUT2D eigenvalue weighted by Crippen LogP contribution is 2.29. The van der Waals surface area contributed by atoms with Gasteiger partial charge in [0.15, 0.2) is 11.5 Å². The molecule has 0 aromatic heterocycles. The maximum Gasteiger partial charge on any atom is 0.245 e. The van der Waals surface area contributed by atoms with Gasteiger partial charge >= 0.3 is 0 Å². The molecule has 0 radical (unpaired) electrons. The van der Waals surface area contributed by atoms with Crippen molar-refractivity contribution in [2.24, 2.45) is 11.0 Å². The Morgan fingerprint density at radius 2 is 1.97 bits per heavy atom. The minimum absolute atomic E-state index is 0.0631. The van der Waals surface area contributed by atoms with E-state index in [0.717, 1.165) is 16.8 Å². The van der Waals surface area contributed by atoms with Gasteiger partial charge in [0, 0.05) is 24.2 Å². The lowest BCUT2D eigenvalue weighted by Crippen LogP contribution is -2.30. The summed E-state index contributed by atoms with van der Waals surface area (Å²) in [5, 5.41) is 4.03. The van der Waals surface area contributed by atoms with E-state index in [1.54, 1.807) is 31.3 Å². The zero-order valence-electron chi connectivity index (χ0n) is 17.1. The van der Waals surface area contributed by atoms with E-state index >= 15 is 0 Å². The molecule has 1 heterocycles. The molecule has 0 spiro atoms. The van der Waals surface area contributed by atoms with Crippen molar-refractivity contribution in [2.45, 2.75) is 20.3 Å². The number of nitrogens with zero attached hydrogens (tertiary/aromatic N) is 2. The van der Waals surface area contributed by atoms with Crippen LogP contribution in [0, 0.1) is 19.8 Å². The number of carbonyl (C=O) groups excluding carboxylic acids is 2. The van der Waals surface area contributed by atoms with Crippen LogP contribution in [0.2, 0.25) is 0 Å². The first kappa shape index (κ1) is 20.4. The van der Waals surface area contributed by atoms with Crippen LogP contribution in [0.5, 0.6) is 11.5 Å². The van der Waals surface area contributed by atoms with E-state index in [0.29, 0.717) is 23.6 Å². The van der Waals surface area contributed by atoms with Crippen LogP contribution >= 0.6 is 0 Å². The van der Waals surface area contributed by atoms with Crippen LogP contribution in [-0.4, -0.2) is 38.8 Å². The Labute approximate surface area is 170 Å². The van der Waals surface area contributed by atoms with Gasteiger partial charge in [-0.2, -0.15) is 5.10 Å². The van der Waals surface area contributed by atoms with Gasteiger partial charge in [0.05, 0.1) is 26.4 Å². The van der Waals surface area contributed by atoms with Crippen molar-refractivity contribution in [1.29, 1.82) is 0 Å². The Balaban J connectivity index is 1.65. The third kappa shape index (κ3) is 4.39. The van der Waals surface area contributed by atoms with E-state index in [4.69, 9.17) is 9.47 Å². The normalized spacial score (nSPS) is 16.3. The highest BCUT2D eigenvalue weighted by molar-refractivity contribution is 6.00. The van der Waals surface area contributed by atoms with Crippen molar-refractivity contribution < 1.29 is 19.1 Å². The number of hydrogen-bond acceptors (Lipinski definition) is 5. The minimum Gasteiger partial charge on any atom is -0.493 e. The molecule has 2 aromatic rings. The number of aryl methyl sites for hydroxylation is 2. The summed E-state index contributed by atoms with van der Waals surface area (Å²) in [6.45, 7) is 4.37. The maximum absolute atomic E-state index is 12.5. The van der Waals surface area contributed by atoms with Crippen molar-refractivity contribution >= 4 is 23.7 Å². The Bertz CT molecular complexity index is 955. The largest absolute Gasteiger partial charge is 0.493 e. The molecule has 1 aliphatic heterocycles. The third-order valence-corrected chi connectivity index (χ3v) is 5.11. The van der Waals surface area contributed by atoms with Gasteiger partial charge in [0.25, 0.3) is 0 Å². The number of hydrogen-bond donors (Lipinski definition) is 1. The number of para-hydroxylation sites is 1. The molecule has 0 saturated carbocycles. The van der Waals surface area contributed by atoms with Gasteiger partial charge in [-0.15, -0.1) is 0 Å². The monoisotopic (exact) mass is 395 g/mol. The van der Waals surface area contributed by atoms with Gasteiger partial charge in [0.1, 0.15) is 0 Å². The fourth-order valence-electron chi connectivity index (χ4n) is 3.30. The van der Waals surface area contributed by atoms with Crippen molar-refractivity contribution in [2.75, 3.05) is 25.7 Å². The van der Waals surface area contributed by atoms with E-state index in [1.165, 1.54) is 6.21 Å². The second-order valence-corrected chi connectivity index (χ2v) is 6.99. The number of amides is 2. The second-order valence-electron chi connectivity index (χ2n) is 6.99. The molecule has 2 amide bonds. The number of methoxy groups -OCH3 is 2. The summed E-state index contributed by atoms with van der Waals surface area (Å²) in [7, 11) is 3.10. The number of hydrazone groups is 1. The molecule has 0 unspecified atom stereocenters. The second kappa shape index (κ2) is 8.77. The Kier molecular flexibility index (Phi) is 6.16. The van der Waals surface area contributed by atoms with E-state index in [2.05, 4.69) is 10.5 Å². The van der Waals surface area contributed by atoms with Gasteiger partial charge in [-0.25, -0.2) is 5.43 Å². The standard InChI is InChI=1S/C22H25N3O4/c1-14-8-9-18(10-15(14)2)25-13-17(11-20(25)26)22(27)24-23-12-16-6-5-7-19(28-3)21(16)29-4/h5-10,12,17H,11,13H2,1-4H3,(H,24,27)/b23-12-/t17-/m1/s1. The van der Waals surface area contributed by atoms with Crippen molar-refractivity contribution in [3.63, 3.8) is 0 Å². The molecule has 1 N–H and O–H groups in total. The molecule has 1 saturated heterocycles. The number of ether oxygens (including phenoxy) is 2. The number of carbonyl (C=O) groups is 2. The summed E-state index contributed by atoms with van der Waals surface area (Å²) >= 11 is 0. The van der Waals surface area contributed by atoms with Crippen LogP contribution in [0.4, 0.5) is 5.69 Å². The van der Waals surface area contributed by atoms with Gasteiger partial charge in [-0.1, -0.05) is 12.1 Å². The first-order chi connectivity index (χ1) is 13.9. The number of anilines is 1. The smallest absolute Gasteiger partial charge is 0.245 e. The summed E-state index contributed by atoms with van der Waals surface area (Å²) < 4.78 is 10.6. The predicted octanol–water partition coefficient (Wildman–Crippen LogP) is 2.82. The van der Waals surface area contributed by atoms with Crippen LogP contribution in [0.15, 0.2) is 41.5 Å². The van der Waals surface area contributed by atoms with Crippen LogP contribution < -0.4 is 19.8 Å². The highest BCUT2D eigenvalue weighted by atomic mass is 16.5. The zero-order chi connectivity index (χ0) is 21.0. The van der Waals surface area contributed by atoms with Crippen LogP contribution in [0.1, 0.15) is 23.1 Å². The molecular weight excluding hydrogens is 370 g/mol. The Morgan fingerprint density at radius 1 is 1.17 bits per heavy atom. The van der Waals surface area contributed by atoms with E-state index in [9.17, 15) is 9.59 Å². The van der Waals surface area contributed by atoms with Gasteiger partial charge in [-0.05, 0) is 49.2 Å². The SMILES string of the molecule is COc1cccc(/C=N\NC(=O)[C@@H]2CC(=O)N(c3ccc(C)c(C)c3)C2)c1OC. The molecule has 1 aliphatic rings. The molecule has 29 heavy (non-hydrogen) atoms. The van der Waals surface area contributed by atoms with Gasteiger partial charge in [-0.3, -0.25) is 9.59 Å². The van der Waals surface area contributed by atoms with E-state index < -0.39 is 5.92 Å². The number of benzene rings is 2. The van der Waals surface area contributed by atoms with E-state index in [1.807, 2.05) is 38.1 Å². The maximum atomic E-state index is 12.5. The summed E-state index contributed by atoms with van der Waals surface area (Å²) in [6, 6.07) is 11.3. The van der Waals surface area contributed by atoms with Crippen LogP contribution in [0.3, 0.4) is 0 Å². The average molecular weight is 395 g/mol. The van der Waals surface area contributed by atoms with Crippen LogP contribution in [0.25, 0.3) is 0 Å². The van der Waals surface area contributed by atoms with Gasteiger partial charge in [0.2, 0.25) is 11.8 Å². The highest BCUT2D eigenvalue weighted by Gasteiger charge is 2.35. The fraction of sp³-hybridized carbons (Fsp3) is 0.318. The van der Waals surface area contributed by atoms with Crippen LogP contribution in [-0.2, 0) is 9.59 Å². The third-order valence-electron chi connectivity index (χ3n) is 5.11. The molecule has 1 atom stereocenters. The topological polar surface area (TPSA) is 80.2 Å². The molecular formula is C22H25N3O4. The fourth-order valence-corrected chi connectivity index (χ4v) is 3.30. The van der Waals surface area contributed by atoms with E-state index in [-0.39, 0.29) is 18.2 Å². The molecule has 1 fully saturated rings. The molecule has 0 aliphatic carbocycles. The first-order valence-electron chi connectivity index (χ1n) is 9.36. The lowest BCUT2D eigenvalue weighted by Gasteiger charge is -2.17. The number of nitrogens with one attached hydrogen (secondary N) is 1. The molecule has 152 valence electrons. The Hall–Kier alpha value is -3.35. The summed E-state index contributed by atoms with van der Waals surface area (Å²) in [5.74, 6) is 0.307.